The highest BCUT2D eigenvalue weighted by atomic mass is 16.3. The summed E-state index contributed by atoms with van der Waals surface area (Å²) in [5.74, 6) is 0.376. The van der Waals surface area contributed by atoms with E-state index in [-0.39, 0.29) is 18.6 Å². The molecule has 134 valence electrons. The van der Waals surface area contributed by atoms with Crippen molar-refractivity contribution >= 4 is 5.91 Å². The van der Waals surface area contributed by atoms with Gasteiger partial charge in [-0.15, -0.1) is 0 Å². The minimum atomic E-state index is -0.110. The van der Waals surface area contributed by atoms with Crippen LogP contribution in [0.1, 0.15) is 67.9 Å². The van der Waals surface area contributed by atoms with Gasteiger partial charge in [-0.1, -0.05) is 19.3 Å². The number of carbonyl (C=O) groups is 1. The van der Waals surface area contributed by atoms with E-state index in [9.17, 15) is 9.90 Å². The number of aliphatic hydroxyl groups excluding tert-OH is 1. The number of nitrogens with zero attached hydrogens (tertiary/aromatic N) is 2. The van der Waals surface area contributed by atoms with Crippen LogP contribution in [0.25, 0.3) is 0 Å². The van der Waals surface area contributed by atoms with Crippen molar-refractivity contribution in [3.05, 3.63) is 18.0 Å². The summed E-state index contributed by atoms with van der Waals surface area (Å²) in [6.45, 7) is 2.09. The maximum Gasteiger partial charge on any atom is 0.272 e. The molecule has 2 unspecified atom stereocenters. The lowest BCUT2D eigenvalue weighted by molar-refractivity contribution is 0.0893. The molecule has 3 N–H and O–H groups in total. The van der Waals surface area contributed by atoms with E-state index >= 15 is 0 Å². The Morgan fingerprint density at radius 2 is 2.17 bits per heavy atom. The first-order chi connectivity index (χ1) is 11.8. The topological polar surface area (TPSA) is 79.2 Å². The molecule has 1 aromatic rings. The molecule has 0 aromatic carbocycles. The molecule has 2 atom stereocenters. The monoisotopic (exact) mass is 334 g/mol. The minimum absolute atomic E-state index is 0.0595. The van der Waals surface area contributed by atoms with Crippen molar-refractivity contribution in [3.8, 4) is 0 Å². The molecular weight excluding hydrogens is 304 g/mol. The second kappa shape index (κ2) is 8.62. The molecule has 1 aromatic heterocycles. The molecule has 6 heteroatoms. The third-order valence-electron chi connectivity index (χ3n) is 5.46. The Labute approximate surface area is 144 Å². The van der Waals surface area contributed by atoms with Gasteiger partial charge in [0.2, 0.25) is 0 Å². The van der Waals surface area contributed by atoms with Crippen molar-refractivity contribution in [1.82, 2.24) is 20.4 Å². The van der Waals surface area contributed by atoms with Crippen LogP contribution in [0, 0.1) is 5.92 Å². The highest BCUT2D eigenvalue weighted by Gasteiger charge is 2.26. The van der Waals surface area contributed by atoms with Gasteiger partial charge in [-0.25, -0.2) is 0 Å². The minimum Gasteiger partial charge on any atom is -0.396 e. The molecule has 24 heavy (non-hydrogen) atoms. The summed E-state index contributed by atoms with van der Waals surface area (Å²) in [6, 6.07) is 2.21. The van der Waals surface area contributed by atoms with Gasteiger partial charge in [-0.05, 0) is 50.6 Å². The zero-order valence-corrected chi connectivity index (χ0v) is 14.4. The van der Waals surface area contributed by atoms with Gasteiger partial charge in [0.25, 0.3) is 5.91 Å². The summed E-state index contributed by atoms with van der Waals surface area (Å²) in [6.07, 6.45) is 10.8. The van der Waals surface area contributed by atoms with Crippen molar-refractivity contribution < 1.29 is 9.90 Å². The Balaban J connectivity index is 1.60. The second-order valence-corrected chi connectivity index (χ2v) is 7.17. The highest BCUT2D eigenvalue weighted by Crippen LogP contribution is 2.28. The Bertz CT molecular complexity index is 519. The number of rotatable bonds is 6. The largest absolute Gasteiger partial charge is 0.396 e. The predicted octanol–water partition coefficient (Wildman–Crippen LogP) is 1.87. The van der Waals surface area contributed by atoms with Crippen molar-refractivity contribution in [2.45, 2.75) is 63.5 Å². The van der Waals surface area contributed by atoms with Crippen LogP contribution in [-0.4, -0.2) is 46.5 Å². The first kappa shape index (κ1) is 17.4. The van der Waals surface area contributed by atoms with Gasteiger partial charge in [0, 0.05) is 25.4 Å². The highest BCUT2D eigenvalue weighted by molar-refractivity contribution is 5.92. The lowest BCUT2D eigenvalue weighted by atomic mass is 9.82. The molecule has 2 heterocycles. The maximum atomic E-state index is 12.6. The zero-order chi connectivity index (χ0) is 16.8. The van der Waals surface area contributed by atoms with E-state index in [1.807, 2.05) is 10.9 Å². The van der Waals surface area contributed by atoms with E-state index in [1.54, 1.807) is 6.07 Å². The third kappa shape index (κ3) is 4.36. The molecule has 6 nitrogen and oxygen atoms in total. The molecule has 2 fully saturated rings. The Morgan fingerprint density at radius 1 is 1.33 bits per heavy atom. The summed E-state index contributed by atoms with van der Waals surface area (Å²) in [7, 11) is 0. The lowest BCUT2D eigenvalue weighted by Gasteiger charge is -2.30. The Hall–Kier alpha value is -1.40. The predicted molar refractivity (Wildman–Crippen MR) is 92.9 cm³/mol. The van der Waals surface area contributed by atoms with Crippen molar-refractivity contribution in [3.63, 3.8) is 0 Å². The molecule has 1 amide bonds. The van der Waals surface area contributed by atoms with Crippen LogP contribution in [0.15, 0.2) is 12.3 Å². The van der Waals surface area contributed by atoms with Gasteiger partial charge >= 0.3 is 0 Å². The summed E-state index contributed by atoms with van der Waals surface area (Å²) < 4.78 is 1.92. The molecule has 1 aliphatic heterocycles. The van der Waals surface area contributed by atoms with Crippen molar-refractivity contribution in [2.24, 2.45) is 5.92 Å². The number of carbonyl (C=O) groups excluding carboxylic acids is 1. The number of amides is 1. The molecule has 3 rings (SSSR count). The summed E-state index contributed by atoms with van der Waals surface area (Å²) in [4.78, 5) is 12.6. The Kier molecular flexibility index (Phi) is 6.26. The van der Waals surface area contributed by atoms with Gasteiger partial charge < -0.3 is 15.7 Å². The molecule has 1 aliphatic carbocycles. The normalized spacial score (nSPS) is 23.8. The van der Waals surface area contributed by atoms with Gasteiger partial charge in [0.1, 0.15) is 5.69 Å². The van der Waals surface area contributed by atoms with E-state index in [4.69, 9.17) is 0 Å². The standard InChI is InChI=1S/C18H30N4O2/c23-12-9-16(14-5-2-1-3-6-14)20-18(24)17-8-11-22(21-17)15-7-4-10-19-13-15/h8,11,14-16,19,23H,1-7,9-10,12-13H2,(H,20,24). The smallest absolute Gasteiger partial charge is 0.272 e. The van der Waals surface area contributed by atoms with Gasteiger partial charge in [0.15, 0.2) is 0 Å². The van der Waals surface area contributed by atoms with Crippen LogP contribution in [-0.2, 0) is 0 Å². The number of nitrogens with one attached hydrogen (secondary N) is 2. The number of piperidine rings is 1. The van der Waals surface area contributed by atoms with Gasteiger partial charge in [0.05, 0.1) is 6.04 Å². The maximum absolute atomic E-state index is 12.6. The van der Waals surface area contributed by atoms with Crippen molar-refractivity contribution in [2.75, 3.05) is 19.7 Å². The molecule has 1 saturated heterocycles. The molecule has 0 spiro atoms. The molecule has 1 saturated carbocycles. The SMILES string of the molecule is O=C(NC(CCO)C1CCCCC1)c1ccn(C2CCCNC2)n1. The Morgan fingerprint density at radius 3 is 2.88 bits per heavy atom. The molecule has 0 radical (unpaired) electrons. The first-order valence-corrected chi connectivity index (χ1v) is 9.45. The van der Waals surface area contributed by atoms with E-state index in [0.29, 0.717) is 24.1 Å². The quantitative estimate of drug-likeness (QED) is 0.742. The van der Waals surface area contributed by atoms with Gasteiger partial charge in [-0.2, -0.15) is 5.10 Å². The lowest BCUT2D eigenvalue weighted by Crippen LogP contribution is -2.42. The second-order valence-electron chi connectivity index (χ2n) is 7.17. The van der Waals surface area contributed by atoms with Crippen LogP contribution in [0.5, 0.6) is 0 Å². The van der Waals surface area contributed by atoms with Crippen LogP contribution in [0.3, 0.4) is 0 Å². The van der Waals surface area contributed by atoms with Crippen LogP contribution >= 0.6 is 0 Å². The van der Waals surface area contributed by atoms with Crippen LogP contribution in [0.2, 0.25) is 0 Å². The number of aliphatic hydroxyl groups is 1. The van der Waals surface area contributed by atoms with E-state index in [0.717, 1.165) is 38.8 Å². The van der Waals surface area contributed by atoms with Crippen LogP contribution in [0.4, 0.5) is 0 Å². The fourth-order valence-corrected chi connectivity index (χ4v) is 4.07. The first-order valence-electron chi connectivity index (χ1n) is 9.45. The van der Waals surface area contributed by atoms with E-state index in [2.05, 4.69) is 15.7 Å². The number of hydrogen-bond acceptors (Lipinski definition) is 4. The summed E-state index contributed by atoms with van der Waals surface area (Å²) in [5, 5.41) is 20.3. The number of hydrogen-bond donors (Lipinski definition) is 3. The average Bonchev–Trinajstić information content (AvgIpc) is 3.13. The molecular formula is C18H30N4O2. The average molecular weight is 334 g/mol. The number of aromatic nitrogens is 2. The fraction of sp³-hybridized carbons (Fsp3) is 0.778. The molecule has 0 bridgehead atoms. The van der Waals surface area contributed by atoms with Crippen LogP contribution < -0.4 is 10.6 Å². The zero-order valence-electron chi connectivity index (χ0n) is 14.4. The van der Waals surface area contributed by atoms with E-state index < -0.39 is 0 Å². The summed E-state index contributed by atoms with van der Waals surface area (Å²) in [5.41, 5.74) is 0.485. The fourth-order valence-electron chi connectivity index (χ4n) is 4.07. The van der Waals surface area contributed by atoms with Gasteiger partial charge in [-0.3, -0.25) is 9.48 Å². The molecule has 2 aliphatic rings. The summed E-state index contributed by atoms with van der Waals surface area (Å²) >= 11 is 0. The van der Waals surface area contributed by atoms with E-state index in [1.165, 1.54) is 19.3 Å². The third-order valence-corrected chi connectivity index (χ3v) is 5.46. The van der Waals surface area contributed by atoms with Crippen molar-refractivity contribution in [1.29, 1.82) is 0 Å².